The van der Waals surface area contributed by atoms with Crippen LogP contribution in [0.1, 0.15) is 21.5 Å². The van der Waals surface area contributed by atoms with Crippen LogP contribution >= 0.6 is 11.6 Å². The average molecular weight is 293 g/mol. The molecule has 0 atom stereocenters. The minimum absolute atomic E-state index is 0.0124. The second-order valence-corrected chi connectivity index (χ2v) is 4.65. The highest BCUT2D eigenvalue weighted by Gasteiger charge is 2.12. The lowest BCUT2D eigenvalue weighted by atomic mass is 10.1. The van der Waals surface area contributed by atoms with Crippen molar-refractivity contribution >= 4 is 17.6 Å². The Morgan fingerprint density at radius 1 is 1.10 bits per heavy atom. The first kappa shape index (κ1) is 14.4. The third-order valence-corrected chi connectivity index (χ3v) is 3.01. The number of aromatic carboxylic acids is 1. The zero-order valence-corrected chi connectivity index (χ0v) is 11.3. The molecule has 0 saturated heterocycles. The molecule has 0 aromatic heterocycles. The van der Waals surface area contributed by atoms with Crippen LogP contribution in [0.25, 0.3) is 0 Å². The van der Waals surface area contributed by atoms with E-state index in [-0.39, 0.29) is 24.5 Å². The summed E-state index contributed by atoms with van der Waals surface area (Å²) in [6.07, 6.45) is 0. The van der Waals surface area contributed by atoms with E-state index >= 15 is 0 Å². The second kappa shape index (κ2) is 6.41. The monoisotopic (exact) mass is 292 g/mol. The van der Waals surface area contributed by atoms with E-state index in [2.05, 4.69) is 0 Å². The quantitative estimate of drug-likeness (QED) is 0.888. The van der Waals surface area contributed by atoms with Crippen molar-refractivity contribution in [2.45, 2.75) is 13.2 Å². The van der Waals surface area contributed by atoms with E-state index in [0.717, 1.165) is 11.1 Å². The fourth-order valence-corrected chi connectivity index (χ4v) is 1.87. The molecule has 0 aliphatic rings. The summed E-state index contributed by atoms with van der Waals surface area (Å²) in [5.41, 5.74) is 1.73. The summed E-state index contributed by atoms with van der Waals surface area (Å²) >= 11 is 5.77. The van der Waals surface area contributed by atoms with Gasteiger partial charge in [-0.2, -0.15) is 0 Å². The van der Waals surface area contributed by atoms with Gasteiger partial charge < -0.3 is 14.9 Å². The second-order valence-electron chi connectivity index (χ2n) is 4.21. The Kier molecular flexibility index (Phi) is 4.61. The Bertz CT molecular complexity index is 608. The summed E-state index contributed by atoms with van der Waals surface area (Å²) in [7, 11) is 0. The van der Waals surface area contributed by atoms with Crippen LogP contribution in [0, 0.1) is 0 Å². The smallest absolute Gasteiger partial charge is 0.339 e. The molecule has 5 heteroatoms. The Labute approximate surface area is 121 Å². The standard InChI is InChI=1S/C15H13ClO4/c16-12-5-6-14(13(7-12)15(18)19)20-9-11-3-1-10(8-17)2-4-11/h1-7,17H,8-9H2,(H,18,19). The van der Waals surface area contributed by atoms with Crippen molar-refractivity contribution in [3.05, 3.63) is 64.2 Å². The number of ether oxygens (including phenoxy) is 1. The summed E-state index contributed by atoms with van der Waals surface area (Å²) in [5.74, 6) is -0.814. The molecule has 2 rings (SSSR count). The van der Waals surface area contributed by atoms with Crippen LogP contribution in [0.15, 0.2) is 42.5 Å². The predicted molar refractivity (Wildman–Crippen MR) is 75.1 cm³/mol. The van der Waals surface area contributed by atoms with Crippen LogP contribution in [0.5, 0.6) is 5.75 Å². The van der Waals surface area contributed by atoms with Crippen molar-refractivity contribution in [3.8, 4) is 5.75 Å². The molecular formula is C15H13ClO4. The maximum atomic E-state index is 11.1. The predicted octanol–water partition coefficient (Wildman–Crippen LogP) is 3.11. The van der Waals surface area contributed by atoms with Gasteiger partial charge in [0.2, 0.25) is 0 Å². The molecule has 2 aromatic rings. The minimum Gasteiger partial charge on any atom is -0.488 e. The Morgan fingerprint density at radius 2 is 1.75 bits per heavy atom. The number of hydrogen-bond donors (Lipinski definition) is 2. The van der Waals surface area contributed by atoms with Gasteiger partial charge in [-0.05, 0) is 29.3 Å². The number of hydrogen-bond acceptors (Lipinski definition) is 3. The fourth-order valence-electron chi connectivity index (χ4n) is 1.70. The van der Waals surface area contributed by atoms with Crippen LogP contribution in [0.4, 0.5) is 0 Å². The topological polar surface area (TPSA) is 66.8 Å². The molecule has 0 fully saturated rings. The summed E-state index contributed by atoms with van der Waals surface area (Å²) in [4.78, 5) is 11.1. The molecule has 0 saturated carbocycles. The lowest BCUT2D eigenvalue weighted by Crippen LogP contribution is -2.03. The number of carboxylic acid groups (broad SMARTS) is 1. The summed E-state index contributed by atoms with van der Waals surface area (Å²) in [6, 6.07) is 11.7. The van der Waals surface area contributed by atoms with Gasteiger partial charge in [0.1, 0.15) is 17.9 Å². The van der Waals surface area contributed by atoms with E-state index in [1.165, 1.54) is 12.1 Å². The molecule has 0 radical (unpaired) electrons. The van der Waals surface area contributed by atoms with Gasteiger partial charge in [-0.1, -0.05) is 35.9 Å². The number of aliphatic hydroxyl groups excluding tert-OH is 1. The van der Waals surface area contributed by atoms with Gasteiger partial charge in [0.05, 0.1) is 6.61 Å². The molecule has 2 aromatic carbocycles. The van der Waals surface area contributed by atoms with Crippen LogP contribution in [0.3, 0.4) is 0 Å². The number of halogens is 1. The highest BCUT2D eigenvalue weighted by molar-refractivity contribution is 6.31. The van der Waals surface area contributed by atoms with Crippen molar-refractivity contribution in [3.63, 3.8) is 0 Å². The Morgan fingerprint density at radius 3 is 2.35 bits per heavy atom. The van der Waals surface area contributed by atoms with Crippen LogP contribution in [-0.2, 0) is 13.2 Å². The molecule has 20 heavy (non-hydrogen) atoms. The van der Waals surface area contributed by atoms with Gasteiger partial charge in [-0.15, -0.1) is 0 Å². The highest BCUT2D eigenvalue weighted by Crippen LogP contribution is 2.24. The first-order valence-corrected chi connectivity index (χ1v) is 6.32. The van der Waals surface area contributed by atoms with Crippen LogP contribution in [-0.4, -0.2) is 16.2 Å². The number of aliphatic hydroxyl groups is 1. The van der Waals surface area contributed by atoms with Crippen molar-refractivity contribution < 1.29 is 19.7 Å². The SMILES string of the molecule is O=C(O)c1cc(Cl)ccc1OCc1ccc(CO)cc1. The van der Waals surface area contributed by atoms with Gasteiger partial charge in [-0.25, -0.2) is 4.79 Å². The van der Waals surface area contributed by atoms with E-state index in [1.54, 1.807) is 18.2 Å². The molecule has 0 unspecified atom stereocenters. The van der Waals surface area contributed by atoms with Crippen molar-refractivity contribution in [1.82, 2.24) is 0 Å². The molecule has 0 aliphatic carbocycles. The van der Waals surface area contributed by atoms with Crippen molar-refractivity contribution in [1.29, 1.82) is 0 Å². The van der Waals surface area contributed by atoms with Gasteiger partial charge in [0, 0.05) is 5.02 Å². The van der Waals surface area contributed by atoms with Gasteiger partial charge in [-0.3, -0.25) is 0 Å². The number of benzene rings is 2. The number of rotatable bonds is 5. The third-order valence-electron chi connectivity index (χ3n) is 2.77. The maximum Gasteiger partial charge on any atom is 0.339 e. The van der Waals surface area contributed by atoms with E-state index in [4.69, 9.17) is 26.6 Å². The average Bonchev–Trinajstić information content (AvgIpc) is 2.46. The first-order valence-electron chi connectivity index (χ1n) is 5.94. The molecule has 4 nitrogen and oxygen atoms in total. The van der Waals surface area contributed by atoms with E-state index in [9.17, 15) is 4.79 Å². The highest BCUT2D eigenvalue weighted by atomic mass is 35.5. The number of carbonyl (C=O) groups is 1. The molecule has 0 amide bonds. The summed E-state index contributed by atoms with van der Waals surface area (Å²) < 4.78 is 5.51. The Balaban J connectivity index is 2.12. The van der Waals surface area contributed by atoms with Gasteiger partial charge in [0.15, 0.2) is 0 Å². The van der Waals surface area contributed by atoms with E-state index in [1.807, 2.05) is 12.1 Å². The zero-order chi connectivity index (χ0) is 14.5. The lowest BCUT2D eigenvalue weighted by molar-refractivity contribution is 0.0691. The largest absolute Gasteiger partial charge is 0.488 e. The lowest BCUT2D eigenvalue weighted by Gasteiger charge is -2.10. The van der Waals surface area contributed by atoms with E-state index < -0.39 is 5.97 Å². The molecule has 0 bridgehead atoms. The maximum absolute atomic E-state index is 11.1. The van der Waals surface area contributed by atoms with E-state index in [0.29, 0.717) is 5.02 Å². The molecule has 0 heterocycles. The minimum atomic E-state index is -1.09. The van der Waals surface area contributed by atoms with Gasteiger partial charge in [0.25, 0.3) is 0 Å². The summed E-state index contributed by atoms with van der Waals surface area (Å²) in [6.45, 7) is 0.231. The van der Waals surface area contributed by atoms with Crippen molar-refractivity contribution in [2.75, 3.05) is 0 Å². The van der Waals surface area contributed by atoms with Gasteiger partial charge >= 0.3 is 5.97 Å². The molecule has 0 spiro atoms. The summed E-state index contributed by atoms with van der Waals surface area (Å²) in [5, 5.41) is 18.4. The molecule has 104 valence electrons. The first-order chi connectivity index (χ1) is 9.60. The van der Waals surface area contributed by atoms with Crippen molar-refractivity contribution in [2.24, 2.45) is 0 Å². The molecule has 2 N–H and O–H groups in total. The van der Waals surface area contributed by atoms with Crippen LogP contribution in [0.2, 0.25) is 5.02 Å². The zero-order valence-electron chi connectivity index (χ0n) is 10.5. The number of carboxylic acids is 1. The fraction of sp³-hybridized carbons (Fsp3) is 0.133. The molecular weight excluding hydrogens is 280 g/mol. The normalized spacial score (nSPS) is 10.3. The van der Waals surface area contributed by atoms with Crippen LogP contribution < -0.4 is 4.74 Å². The molecule has 0 aliphatic heterocycles. The third kappa shape index (κ3) is 3.50. The Hall–Kier alpha value is -2.04.